The molecule has 1 aliphatic carbocycles. The number of carbonyl (C=O) groups is 1. The van der Waals surface area contributed by atoms with Crippen LogP contribution in [0.5, 0.6) is 0 Å². The van der Waals surface area contributed by atoms with E-state index in [1.807, 2.05) is 18.2 Å². The van der Waals surface area contributed by atoms with Crippen LogP contribution < -0.4 is 5.32 Å². The summed E-state index contributed by atoms with van der Waals surface area (Å²) >= 11 is 0. The zero-order valence-electron chi connectivity index (χ0n) is 8.44. The lowest BCUT2D eigenvalue weighted by molar-refractivity contribution is -0.127. The lowest BCUT2D eigenvalue weighted by atomic mass is 10.1. The summed E-state index contributed by atoms with van der Waals surface area (Å²) in [5, 5.41) is 11.8. The van der Waals surface area contributed by atoms with E-state index in [1.165, 1.54) is 0 Å². The number of nitrogens with zero attached hydrogens (tertiary/aromatic N) is 1. The number of amides is 1. The third-order valence-corrected chi connectivity index (χ3v) is 2.79. The van der Waals surface area contributed by atoms with Crippen LogP contribution in [-0.4, -0.2) is 22.6 Å². The summed E-state index contributed by atoms with van der Waals surface area (Å²) in [5.41, 5.74) is 0.342. The summed E-state index contributed by atoms with van der Waals surface area (Å²) in [7, 11) is 0. The number of pyridine rings is 1. The van der Waals surface area contributed by atoms with Gasteiger partial charge in [-0.3, -0.25) is 9.78 Å². The highest BCUT2D eigenvalue weighted by molar-refractivity contribution is 5.85. The maximum atomic E-state index is 11.6. The van der Waals surface area contributed by atoms with Crippen molar-refractivity contribution in [2.45, 2.75) is 19.4 Å². The summed E-state index contributed by atoms with van der Waals surface area (Å²) < 4.78 is 0. The monoisotopic (exact) mass is 206 g/mol. The zero-order valence-corrected chi connectivity index (χ0v) is 8.44. The predicted octanol–water partition coefficient (Wildman–Crippen LogP) is 0.470. The molecule has 1 heterocycles. The van der Waals surface area contributed by atoms with Gasteiger partial charge in [0, 0.05) is 6.20 Å². The quantitative estimate of drug-likeness (QED) is 0.752. The molecular formula is C11H14N2O2. The van der Waals surface area contributed by atoms with Crippen molar-refractivity contribution in [1.29, 1.82) is 0 Å². The molecule has 1 aromatic heterocycles. The molecule has 15 heavy (non-hydrogen) atoms. The zero-order chi connectivity index (χ0) is 10.7. The number of aliphatic hydroxyl groups is 1. The fourth-order valence-corrected chi connectivity index (χ4v) is 1.47. The molecule has 0 atom stereocenters. The van der Waals surface area contributed by atoms with Crippen molar-refractivity contribution >= 4 is 5.91 Å². The van der Waals surface area contributed by atoms with E-state index >= 15 is 0 Å². The van der Waals surface area contributed by atoms with Gasteiger partial charge in [0.25, 0.3) is 0 Å². The molecule has 0 bridgehead atoms. The first kappa shape index (κ1) is 10.1. The topological polar surface area (TPSA) is 62.2 Å². The molecule has 1 fully saturated rings. The van der Waals surface area contributed by atoms with Gasteiger partial charge in [0.1, 0.15) is 0 Å². The third-order valence-electron chi connectivity index (χ3n) is 2.79. The van der Waals surface area contributed by atoms with Crippen LogP contribution in [0.15, 0.2) is 24.4 Å². The van der Waals surface area contributed by atoms with Gasteiger partial charge in [-0.15, -0.1) is 0 Å². The van der Waals surface area contributed by atoms with Crippen molar-refractivity contribution in [3.05, 3.63) is 30.1 Å². The first-order chi connectivity index (χ1) is 7.27. The Morgan fingerprint density at radius 2 is 2.33 bits per heavy atom. The highest BCUT2D eigenvalue weighted by Crippen LogP contribution is 2.45. The predicted molar refractivity (Wildman–Crippen MR) is 54.8 cm³/mol. The Morgan fingerprint density at radius 3 is 2.87 bits per heavy atom. The van der Waals surface area contributed by atoms with E-state index in [4.69, 9.17) is 5.11 Å². The van der Waals surface area contributed by atoms with Crippen LogP contribution in [0.2, 0.25) is 0 Å². The standard InChI is InChI=1S/C11H14N2O2/c14-8-11(4-5-11)10(15)13-7-9-3-1-2-6-12-9/h1-3,6,14H,4-5,7-8H2,(H,13,15). The lowest BCUT2D eigenvalue weighted by Crippen LogP contribution is -2.33. The molecule has 1 aromatic rings. The van der Waals surface area contributed by atoms with Gasteiger partial charge in [-0.2, -0.15) is 0 Å². The summed E-state index contributed by atoms with van der Waals surface area (Å²) in [6, 6.07) is 5.58. The minimum Gasteiger partial charge on any atom is -0.395 e. The number of carbonyl (C=O) groups excluding carboxylic acids is 1. The van der Waals surface area contributed by atoms with Gasteiger partial charge in [-0.05, 0) is 25.0 Å². The van der Waals surface area contributed by atoms with Crippen LogP contribution in [0.4, 0.5) is 0 Å². The minimum absolute atomic E-state index is 0.0545. The first-order valence-corrected chi connectivity index (χ1v) is 5.06. The summed E-state index contributed by atoms with van der Waals surface area (Å²) in [6.45, 7) is 0.377. The smallest absolute Gasteiger partial charge is 0.228 e. The fraction of sp³-hybridized carbons (Fsp3) is 0.455. The molecule has 2 N–H and O–H groups in total. The Balaban J connectivity index is 1.86. The Labute approximate surface area is 88.3 Å². The number of hydrogen-bond acceptors (Lipinski definition) is 3. The second-order valence-corrected chi connectivity index (χ2v) is 3.94. The van der Waals surface area contributed by atoms with Crippen molar-refractivity contribution in [2.75, 3.05) is 6.61 Å². The van der Waals surface area contributed by atoms with E-state index in [9.17, 15) is 4.79 Å². The SMILES string of the molecule is O=C(NCc1ccccn1)C1(CO)CC1. The molecule has 1 amide bonds. The van der Waals surface area contributed by atoms with Gasteiger partial charge < -0.3 is 10.4 Å². The first-order valence-electron chi connectivity index (χ1n) is 5.06. The van der Waals surface area contributed by atoms with Crippen molar-refractivity contribution in [1.82, 2.24) is 10.3 Å². The van der Waals surface area contributed by atoms with Crippen LogP contribution >= 0.6 is 0 Å². The van der Waals surface area contributed by atoms with Crippen molar-refractivity contribution in [2.24, 2.45) is 5.41 Å². The molecule has 0 radical (unpaired) electrons. The van der Waals surface area contributed by atoms with Gasteiger partial charge >= 0.3 is 0 Å². The van der Waals surface area contributed by atoms with Crippen LogP contribution in [0.25, 0.3) is 0 Å². The maximum absolute atomic E-state index is 11.6. The number of aromatic nitrogens is 1. The van der Waals surface area contributed by atoms with Gasteiger partial charge in [-0.25, -0.2) is 0 Å². The van der Waals surface area contributed by atoms with Crippen LogP contribution in [-0.2, 0) is 11.3 Å². The highest BCUT2D eigenvalue weighted by atomic mass is 16.3. The van der Waals surface area contributed by atoms with E-state index in [0.29, 0.717) is 6.54 Å². The molecule has 80 valence electrons. The van der Waals surface area contributed by atoms with Gasteiger partial charge in [0.15, 0.2) is 0 Å². The second-order valence-electron chi connectivity index (χ2n) is 3.94. The highest BCUT2D eigenvalue weighted by Gasteiger charge is 2.49. The number of hydrogen-bond donors (Lipinski definition) is 2. The average molecular weight is 206 g/mol. The Kier molecular flexibility index (Phi) is 2.68. The van der Waals surface area contributed by atoms with Crippen LogP contribution in [0.3, 0.4) is 0 Å². The van der Waals surface area contributed by atoms with Gasteiger partial charge in [-0.1, -0.05) is 6.07 Å². The van der Waals surface area contributed by atoms with E-state index in [0.717, 1.165) is 18.5 Å². The van der Waals surface area contributed by atoms with E-state index in [1.54, 1.807) is 6.20 Å². The molecule has 4 heteroatoms. The Morgan fingerprint density at radius 1 is 1.53 bits per heavy atom. The van der Waals surface area contributed by atoms with Gasteiger partial charge in [0.2, 0.25) is 5.91 Å². The summed E-state index contributed by atoms with van der Waals surface area (Å²) in [5.74, 6) is -0.0596. The van der Waals surface area contributed by atoms with Crippen molar-refractivity contribution in [3.8, 4) is 0 Å². The van der Waals surface area contributed by atoms with Crippen LogP contribution in [0.1, 0.15) is 18.5 Å². The van der Waals surface area contributed by atoms with Crippen molar-refractivity contribution < 1.29 is 9.90 Å². The molecule has 0 aromatic carbocycles. The molecular weight excluding hydrogens is 192 g/mol. The fourth-order valence-electron chi connectivity index (χ4n) is 1.47. The van der Waals surface area contributed by atoms with Gasteiger partial charge in [0.05, 0.1) is 24.3 Å². The molecule has 1 aliphatic rings. The van der Waals surface area contributed by atoms with E-state index < -0.39 is 5.41 Å². The molecule has 0 aliphatic heterocycles. The second kappa shape index (κ2) is 3.98. The summed E-state index contributed by atoms with van der Waals surface area (Å²) in [4.78, 5) is 15.7. The minimum atomic E-state index is -0.491. The van der Waals surface area contributed by atoms with E-state index in [-0.39, 0.29) is 12.5 Å². The lowest BCUT2D eigenvalue weighted by Gasteiger charge is -2.11. The Hall–Kier alpha value is -1.42. The number of nitrogens with one attached hydrogen (secondary N) is 1. The summed E-state index contributed by atoms with van der Waals surface area (Å²) in [6.07, 6.45) is 3.27. The maximum Gasteiger partial charge on any atom is 0.228 e. The van der Waals surface area contributed by atoms with Crippen molar-refractivity contribution in [3.63, 3.8) is 0 Å². The molecule has 0 unspecified atom stereocenters. The Bertz CT molecular complexity index is 347. The number of aliphatic hydroxyl groups excluding tert-OH is 1. The molecule has 1 saturated carbocycles. The largest absolute Gasteiger partial charge is 0.395 e. The molecule has 2 rings (SSSR count). The molecule has 0 saturated heterocycles. The van der Waals surface area contributed by atoms with E-state index in [2.05, 4.69) is 10.3 Å². The average Bonchev–Trinajstić information content (AvgIpc) is 3.08. The molecule has 4 nitrogen and oxygen atoms in total. The molecule has 0 spiro atoms. The third kappa shape index (κ3) is 2.15. The van der Waals surface area contributed by atoms with Crippen LogP contribution in [0, 0.1) is 5.41 Å². The number of rotatable bonds is 4. The normalized spacial score (nSPS) is 17.1.